The first-order chi connectivity index (χ1) is 22.7. The molecule has 0 radical (unpaired) electrons. The van der Waals surface area contributed by atoms with E-state index >= 15 is 0 Å². The van der Waals surface area contributed by atoms with Crippen LogP contribution in [0.4, 0.5) is 23.0 Å². The van der Waals surface area contributed by atoms with E-state index in [1.165, 1.54) is 0 Å². The van der Waals surface area contributed by atoms with Crippen LogP contribution in [0.15, 0.2) is 79.0 Å². The lowest BCUT2D eigenvalue weighted by molar-refractivity contribution is 0.0118. The van der Waals surface area contributed by atoms with Gasteiger partial charge in [0.2, 0.25) is 5.95 Å². The highest BCUT2D eigenvalue weighted by molar-refractivity contribution is 6.30. The van der Waals surface area contributed by atoms with Crippen molar-refractivity contribution in [3.8, 4) is 0 Å². The molecule has 242 valence electrons. The Morgan fingerprint density at radius 1 is 1.00 bits per heavy atom. The standard InChI is InChI=1S/C36H39ClN8O2/c1-24-22-29(42(2)3)23-30(38-24)31-6-4-18-44(31)34(46)25-8-14-28(15-9-25)39-35-40-33-32(7-5-19-45(33)41-35)43-20-16-36(47,17-21-43)26-10-12-27(37)13-11-26/h5,7-15,19,22-23,31,47H,4,6,16-18,20-21H2,1-3H3,(H,39,41). The minimum Gasteiger partial charge on any atom is -0.385 e. The Kier molecular flexibility index (Phi) is 8.23. The first kappa shape index (κ1) is 31.0. The zero-order valence-electron chi connectivity index (χ0n) is 26.9. The molecule has 47 heavy (non-hydrogen) atoms. The maximum Gasteiger partial charge on any atom is 0.254 e. The smallest absolute Gasteiger partial charge is 0.254 e. The number of hydrogen-bond donors (Lipinski definition) is 2. The average molecular weight is 651 g/mol. The number of likely N-dealkylation sites (tertiary alicyclic amines) is 1. The second-order valence-electron chi connectivity index (χ2n) is 12.8. The van der Waals surface area contributed by atoms with Gasteiger partial charge in [-0.05, 0) is 98.8 Å². The Balaban J connectivity index is 1.04. The van der Waals surface area contributed by atoms with E-state index in [2.05, 4.69) is 32.3 Å². The number of aliphatic hydroxyl groups is 1. The summed E-state index contributed by atoms with van der Waals surface area (Å²) in [5.74, 6) is 0.474. The van der Waals surface area contributed by atoms with Crippen molar-refractivity contribution >= 4 is 46.2 Å². The van der Waals surface area contributed by atoms with Crippen LogP contribution in [0.1, 0.15) is 59.0 Å². The predicted molar refractivity (Wildman–Crippen MR) is 186 cm³/mol. The molecule has 0 spiro atoms. The van der Waals surface area contributed by atoms with E-state index < -0.39 is 5.60 Å². The van der Waals surface area contributed by atoms with E-state index in [4.69, 9.17) is 21.6 Å². The van der Waals surface area contributed by atoms with Crippen molar-refractivity contribution in [3.63, 3.8) is 0 Å². The summed E-state index contributed by atoms with van der Waals surface area (Å²) in [5, 5.41) is 20.0. The molecule has 2 N–H and O–H groups in total. The molecular weight excluding hydrogens is 612 g/mol. The number of aryl methyl sites for hydroxylation is 1. The van der Waals surface area contributed by atoms with E-state index in [0.29, 0.717) is 49.0 Å². The number of nitrogens with one attached hydrogen (secondary N) is 1. The number of halogens is 1. The van der Waals surface area contributed by atoms with E-state index in [9.17, 15) is 9.90 Å². The molecule has 0 saturated carbocycles. The fraction of sp³-hybridized carbons (Fsp3) is 0.333. The molecule has 1 atom stereocenters. The zero-order chi connectivity index (χ0) is 32.7. The quantitative estimate of drug-likeness (QED) is 0.210. The summed E-state index contributed by atoms with van der Waals surface area (Å²) in [5.41, 5.74) is 6.12. The molecule has 5 aromatic rings. The van der Waals surface area contributed by atoms with Crippen molar-refractivity contribution in [1.82, 2.24) is 24.5 Å². The lowest BCUT2D eigenvalue weighted by atomic mass is 9.84. The first-order valence-electron chi connectivity index (χ1n) is 16.1. The number of aromatic nitrogens is 4. The van der Waals surface area contributed by atoms with Gasteiger partial charge in [0.1, 0.15) is 0 Å². The Hall–Kier alpha value is -4.67. The minimum atomic E-state index is -0.886. The normalized spacial score (nSPS) is 17.7. The van der Waals surface area contributed by atoms with Gasteiger partial charge in [-0.25, -0.2) is 4.52 Å². The number of piperidine rings is 1. The lowest BCUT2D eigenvalue weighted by Gasteiger charge is -2.39. The highest BCUT2D eigenvalue weighted by atomic mass is 35.5. The number of carbonyl (C=O) groups is 1. The molecule has 1 amide bonds. The number of carbonyl (C=O) groups excluding carboxylic acids is 1. The first-order valence-corrected chi connectivity index (χ1v) is 16.5. The van der Waals surface area contributed by atoms with Gasteiger partial charge in [0.05, 0.1) is 23.0 Å². The van der Waals surface area contributed by atoms with Gasteiger partial charge in [0.15, 0.2) is 5.65 Å². The number of fused-ring (bicyclic) bond motifs is 1. The topological polar surface area (TPSA) is 102 Å². The number of benzene rings is 2. The molecule has 10 nitrogen and oxygen atoms in total. The molecule has 3 aromatic heterocycles. The van der Waals surface area contributed by atoms with Gasteiger partial charge >= 0.3 is 0 Å². The van der Waals surface area contributed by atoms with Crippen molar-refractivity contribution in [3.05, 3.63) is 107 Å². The second-order valence-corrected chi connectivity index (χ2v) is 13.2. The van der Waals surface area contributed by atoms with Crippen LogP contribution in [0, 0.1) is 6.92 Å². The number of anilines is 4. The average Bonchev–Trinajstić information content (AvgIpc) is 3.73. The van der Waals surface area contributed by atoms with Crippen molar-refractivity contribution in [1.29, 1.82) is 0 Å². The van der Waals surface area contributed by atoms with Gasteiger partial charge in [-0.2, -0.15) is 4.98 Å². The number of rotatable bonds is 7. The molecule has 7 rings (SSSR count). The molecule has 2 fully saturated rings. The van der Waals surface area contributed by atoms with Crippen molar-refractivity contribution in [2.24, 2.45) is 0 Å². The summed E-state index contributed by atoms with van der Waals surface area (Å²) >= 11 is 6.06. The van der Waals surface area contributed by atoms with Crippen LogP contribution in [0.2, 0.25) is 5.02 Å². The number of amides is 1. The molecule has 5 heterocycles. The van der Waals surface area contributed by atoms with Gasteiger partial charge < -0.3 is 25.1 Å². The van der Waals surface area contributed by atoms with Gasteiger partial charge in [0.25, 0.3) is 5.91 Å². The predicted octanol–water partition coefficient (Wildman–Crippen LogP) is 6.36. The molecule has 1 unspecified atom stereocenters. The van der Waals surface area contributed by atoms with Crippen molar-refractivity contribution < 1.29 is 9.90 Å². The van der Waals surface area contributed by atoms with E-state index in [1.807, 2.05) is 92.8 Å². The molecule has 0 aliphatic carbocycles. The Labute approximate surface area is 279 Å². The fourth-order valence-electron chi connectivity index (χ4n) is 6.77. The Morgan fingerprint density at radius 3 is 2.47 bits per heavy atom. The molecule has 11 heteroatoms. The molecule has 2 aliphatic heterocycles. The third kappa shape index (κ3) is 6.23. The summed E-state index contributed by atoms with van der Waals surface area (Å²) < 4.78 is 1.77. The SMILES string of the molecule is Cc1cc(N(C)C)cc(C2CCCN2C(=O)c2ccc(Nc3nc4c(N5CCC(O)(c6ccc(Cl)cc6)CC5)cccn4n3)cc2)n1. The Bertz CT molecular complexity index is 1900. The van der Waals surface area contributed by atoms with Gasteiger partial charge in [-0.1, -0.05) is 23.7 Å². The third-order valence-electron chi connectivity index (χ3n) is 9.37. The molecule has 0 bridgehead atoms. The van der Waals surface area contributed by atoms with Crippen LogP contribution >= 0.6 is 11.6 Å². The monoisotopic (exact) mass is 650 g/mol. The molecule has 2 aromatic carbocycles. The summed E-state index contributed by atoms with van der Waals surface area (Å²) in [7, 11) is 4.04. The van der Waals surface area contributed by atoms with Gasteiger partial charge in [0, 0.05) is 67.6 Å². The zero-order valence-corrected chi connectivity index (χ0v) is 27.7. The molecule has 2 saturated heterocycles. The maximum absolute atomic E-state index is 13.7. The summed E-state index contributed by atoms with van der Waals surface area (Å²) in [6.07, 6.45) is 4.92. The Morgan fingerprint density at radius 2 is 1.74 bits per heavy atom. The van der Waals surface area contributed by atoms with Crippen LogP contribution in [-0.2, 0) is 5.60 Å². The minimum absolute atomic E-state index is 0.00810. The van der Waals surface area contributed by atoms with Crippen LogP contribution in [0.25, 0.3) is 5.65 Å². The van der Waals surface area contributed by atoms with Gasteiger partial charge in [-0.3, -0.25) is 9.78 Å². The largest absolute Gasteiger partial charge is 0.385 e. The second kappa shape index (κ2) is 12.5. The summed E-state index contributed by atoms with van der Waals surface area (Å²) in [4.78, 5) is 29.5. The number of nitrogens with zero attached hydrogens (tertiary/aromatic N) is 7. The lowest BCUT2D eigenvalue weighted by Crippen LogP contribution is -2.42. The van der Waals surface area contributed by atoms with Crippen LogP contribution in [0.3, 0.4) is 0 Å². The molecular formula is C36H39ClN8O2. The van der Waals surface area contributed by atoms with Crippen LogP contribution in [-0.4, -0.2) is 69.2 Å². The van der Waals surface area contributed by atoms with Crippen molar-refractivity contribution in [2.45, 2.75) is 44.2 Å². The number of hydrogen-bond acceptors (Lipinski definition) is 8. The third-order valence-corrected chi connectivity index (χ3v) is 9.62. The van der Waals surface area contributed by atoms with E-state index in [-0.39, 0.29) is 11.9 Å². The van der Waals surface area contributed by atoms with E-state index in [1.54, 1.807) is 4.52 Å². The van der Waals surface area contributed by atoms with E-state index in [0.717, 1.165) is 52.5 Å². The highest BCUT2D eigenvalue weighted by Gasteiger charge is 2.35. The summed E-state index contributed by atoms with van der Waals surface area (Å²) in [6.45, 7) is 4.07. The number of pyridine rings is 2. The van der Waals surface area contributed by atoms with Crippen LogP contribution in [0.5, 0.6) is 0 Å². The van der Waals surface area contributed by atoms with Crippen LogP contribution < -0.4 is 15.1 Å². The maximum atomic E-state index is 13.7. The summed E-state index contributed by atoms with van der Waals surface area (Å²) in [6, 6.07) is 23.1. The van der Waals surface area contributed by atoms with Gasteiger partial charge in [-0.15, -0.1) is 5.10 Å². The highest BCUT2D eigenvalue weighted by Crippen LogP contribution is 2.37. The fourth-order valence-corrected chi connectivity index (χ4v) is 6.90. The molecule has 2 aliphatic rings. The van der Waals surface area contributed by atoms with Crippen molar-refractivity contribution in [2.75, 3.05) is 48.8 Å².